The standard InChI is InChI=1S/C21H36N2/c1-15(2)20-8-7-18(13-21(20)16(3)4)14-22-19-9-11-23(12-10-19)17(5)6/h7-8,13,15-17,19,22H,9-12,14H2,1-6H3. The van der Waals surface area contributed by atoms with Crippen LogP contribution in [0, 0.1) is 0 Å². The Hall–Kier alpha value is -0.860. The number of piperidine rings is 1. The lowest BCUT2D eigenvalue weighted by Crippen LogP contribution is -2.44. The molecule has 0 amide bonds. The fraction of sp³-hybridized carbons (Fsp3) is 0.714. The third-order valence-corrected chi connectivity index (χ3v) is 5.25. The summed E-state index contributed by atoms with van der Waals surface area (Å²) in [5.41, 5.74) is 4.47. The van der Waals surface area contributed by atoms with Crippen LogP contribution in [-0.4, -0.2) is 30.1 Å². The Balaban J connectivity index is 1.92. The van der Waals surface area contributed by atoms with Gasteiger partial charge in [-0.1, -0.05) is 45.9 Å². The van der Waals surface area contributed by atoms with E-state index in [0.29, 0.717) is 23.9 Å². The zero-order chi connectivity index (χ0) is 17.0. The molecular weight excluding hydrogens is 280 g/mol. The van der Waals surface area contributed by atoms with Gasteiger partial charge in [-0.05, 0) is 68.3 Å². The number of benzene rings is 1. The maximum Gasteiger partial charge on any atom is 0.0208 e. The first-order valence-electron chi connectivity index (χ1n) is 9.48. The Morgan fingerprint density at radius 1 is 0.957 bits per heavy atom. The van der Waals surface area contributed by atoms with Crippen LogP contribution >= 0.6 is 0 Å². The first-order valence-corrected chi connectivity index (χ1v) is 9.48. The summed E-state index contributed by atoms with van der Waals surface area (Å²) in [6, 6.07) is 8.46. The molecule has 1 N–H and O–H groups in total. The van der Waals surface area contributed by atoms with Gasteiger partial charge in [-0.2, -0.15) is 0 Å². The molecule has 2 rings (SSSR count). The van der Waals surface area contributed by atoms with E-state index in [1.807, 2.05) is 0 Å². The van der Waals surface area contributed by atoms with Crippen molar-refractivity contribution in [1.29, 1.82) is 0 Å². The largest absolute Gasteiger partial charge is 0.310 e. The molecular formula is C21H36N2. The van der Waals surface area contributed by atoms with E-state index in [-0.39, 0.29) is 0 Å². The summed E-state index contributed by atoms with van der Waals surface area (Å²) in [5.74, 6) is 1.21. The number of rotatable bonds is 6. The Morgan fingerprint density at radius 3 is 2.09 bits per heavy atom. The van der Waals surface area contributed by atoms with E-state index in [9.17, 15) is 0 Å². The van der Waals surface area contributed by atoms with Crippen molar-refractivity contribution in [3.05, 3.63) is 34.9 Å². The normalized spacial score (nSPS) is 17.6. The molecule has 0 bridgehead atoms. The minimum absolute atomic E-state index is 0.599. The van der Waals surface area contributed by atoms with Crippen LogP contribution in [0.25, 0.3) is 0 Å². The zero-order valence-electron chi connectivity index (χ0n) is 16.0. The van der Waals surface area contributed by atoms with Gasteiger partial charge in [0.05, 0.1) is 0 Å². The van der Waals surface area contributed by atoms with E-state index in [1.165, 1.54) is 42.6 Å². The van der Waals surface area contributed by atoms with E-state index in [2.05, 4.69) is 70.0 Å². The highest BCUT2D eigenvalue weighted by molar-refractivity contribution is 5.36. The molecule has 0 atom stereocenters. The van der Waals surface area contributed by atoms with Gasteiger partial charge in [-0.3, -0.25) is 0 Å². The summed E-state index contributed by atoms with van der Waals surface area (Å²) in [6.07, 6.45) is 2.55. The SMILES string of the molecule is CC(C)c1ccc(CNC2CCN(C(C)C)CC2)cc1C(C)C. The lowest BCUT2D eigenvalue weighted by atomic mass is 9.89. The second-order valence-electron chi connectivity index (χ2n) is 8.06. The number of nitrogens with zero attached hydrogens (tertiary/aromatic N) is 1. The highest BCUT2D eigenvalue weighted by atomic mass is 15.2. The van der Waals surface area contributed by atoms with Crippen LogP contribution in [0.5, 0.6) is 0 Å². The van der Waals surface area contributed by atoms with Crippen LogP contribution in [-0.2, 0) is 6.54 Å². The minimum Gasteiger partial charge on any atom is -0.310 e. The van der Waals surface area contributed by atoms with Gasteiger partial charge in [-0.15, -0.1) is 0 Å². The third-order valence-electron chi connectivity index (χ3n) is 5.25. The summed E-state index contributed by atoms with van der Waals surface area (Å²) >= 11 is 0. The van der Waals surface area contributed by atoms with Crippen molar-refractivity contribution in [3.8, 4) is 0 Å². The Kier molecular flexibility index (Phi) is 6.67. The van der Waals surface area contributed by atoms with Gasteiger partial charge in [-0.25, -0.2) is 0 Å². The highest BCUT2D eigenvalue weighted by Gasteiger charge is 2.20. The molecule has 23 heavy (non-hydrogen) atoms. The maximum atomic E-state index is 3.79. The van der Waals surface area contributed by atoms with Crippen molar-refractivity contribution < 1.29 is 0 Å². The van der Waals surface area contributed by atoms with Gasteiger partial charge in [0.15, 0.2) is 0 Å². The molecule has 1 aliphatic heterocycles. The van der Waals surface area contributed by atoms with Gasteiger partial charge in [0.1, 0.15) is 0 Å². The molecule has 1 fully saturated rings. The van der Waals surface area contributed by atoms with E-state index in [4.69, 9.17) is 0 Å². The molecule has 1 aliphatic rings. The summed E-state index contributed by atoms with van der Waals surface area (Å²) in [4.78, 5) is 2.59. The lowest BCUT2D eigenvalue weighted by molar-refractivity contribution is 0.161. The van der Waals surface area contributed by atoms with E-state index in [0.717, 1.165) is 6.54 Å². The lowest BCUT2D eigenvalue weighted by Gasteiger charge is -2.35. The van der Waals surface area contributed by atoms with Crippen molar-refractivity contribution in [2.45, 2.75) is 84.8 Å². The fourth-order valence-electron chi connectivity index (χ4n) is 3.64. The molecule has 130 valence electrons. The third kappa shape index (κ3) is 5.06. The topological polar surface area (TPSA) is 15.3 Å². The van der Waals surface area contributed by atoms with Gasteiger partial charge in [0.25, 0.3) is 0 Å². The van der Waals surface area contributed by atoms with Crippen LogP contribution in [0.4, 0.5) is 0 Å². The summed E-state index contributed by atoms with van der Waals surface area (Å²) in [6.45, 7) is 17.3. The van der Waals surface area contributed by atoms with E-state index in [1.54, 1.807) is 0 Å². The molecule has 0 aliphatic carbocycles. The molecule has 0 saturated carbocycles. The second-order valence-corrected chi connectivity index (χ2v) is 8.06. The minimum atomic E-state index is 0.599. The molecule has 0 unspecified atom stereocenters. The van der Waals surface area contributed by atoms with Gasteiger partial charge in [0, 0.05) is 18.6 Å². The molecule has 0 radical (unpaired) electrons. The zero-order valence-corrected chi connectivity index (χ0v) is 16.0. The van der Waals surface area contributed by atoms with Gasteiger partial charge >= 0.3 is 0 Å². The van der Waals surface area contributed by atoms with Crippen molar-refractivity contribution in [1.82, 2.24) is 10.2 Å². The number of nitrogens with one attached hydrogen (secondary N) is 1. The predicted molar refractivity (Wildman–Crippen MR) is 101 cm³/mol. The average Bonchev–Trinajstić information content (AvgIpc) is 2.52. The molecule has 1 heterocycles. The smallest absolute Gasteiger partial charge is 0.0208 e. The second kappa shape index (κ2) is 8.30. The van der Waals surface area contributed by atoms with Gasteiger partial charge in [0.2, 0.25) is 0 Å². The predicted octanol–water partition coefficient (Wildman–Crippen LogP) is 4.90. The molecule has 1 aromatic carbocycles. The Bertz CT molecular complexity index is 483. The number of likely N-dealkylation sites (tertiary alicyclic amines) is 1. The highest BCUT2D eigenvalue weighted by Crippen LogP contribution is 2.27. The monoisotopic (exact) mass is 316 g/mol. The fourth-order valence-corrected chi connectivity index (χ4v) is 3.64. The molecule has 2 heteroatoms. The van der Waals surface area contributed by atoms with Gasteiger partial charge < -0.3 is 10.2 Å². The van der Waals surface area contributed by atoms with E-state index >= 15 is 0 Å². The maximum absolute atomic E-state index is 3.79. The number of hydrogen-bond acceptors (Lipinski definition) is 2. The van der Waals surface area contributed by atoms with Crippen LogP contribution in [0.15, 0.2) is 18.2 Å². The molecule has 1 saturated heterocycles. The van der Waals surface area contributed by atoms with Crippen LogP contribution in [0.1, 0.15) is 82.9 Å². The molecule has 2 nitrogen and oxygen atoms in total. The van der Waals surface area contributed by atoms with Crippen LogP contribution < -0.4 is 5.32 Å². The van der Waals surface area contributed by atoms with Crippen molar-refractivity contribution in [2.75, 3.05) is 13.1 Å². The van der Waals surface area contributed by atoms with Crippen molar-refractivity contribution in [2.24, 2.45) is 0 Å². The van der Waals surface area contributed by atoms with Crippen molar-refractivity contribution >= 4 is 0 Å². The van der Waals surface area contributed by atoms with E-state index < -0.39 is 0 Å². The quantitative estimate of drug-likeness (QED) is 0.803. The first-order chi connectivity index (χ1) is 10.9. The Morgan fingerprint density at radius 2 is 1.57 bits per heavy atom. The van der Waals surface area contributed by atoms with Crippen LogP contribution in [0.3, 0.4) is 0 Å². The van der Waals surface area contributed by atoms with Crippen molar-refractivity contribution in [3.63, 3.8) is 0 Å². The van der Waals surface area contributed by atoms with Crippen LogP contribution in [0.2, 0.25) is 0 Å². The first kappa shape index (κ1) is 18.5. The summed E-state index contributed by atoms with van der Waals surface area (Å²) in [7, 11) is 0. The summed E-state index contributed by atoms with van der Waals surface area (Å²) < 4.78 is 0. The molecule has 0 aromatic heterocycles. The molecule has 1 aromatic rings. The molecule has 0 spiro atoms. The summed E-state index contributed by atoms with van der Waals surface area (Å²) in [5, 5.41) is 3.79. The Labute approximate surface area is 143 Å². The number of hydrogen-bond donors (Lipinski definition) is 1. The average molecular weight is 317 g/mol.